The first-order valence-electron chi connectivity index (χ1n) is 6.12. The Balaban J connectivity index is 2.04. The highest BCUT2D eigenvalue weighted by Gasteiger charge is 2.21. The lowest BCUT2D eigenvalue weighted by Gasteiger charge is -2.08. The minimum Gasteiger partial charge on any atom is -0.506 e. The van der Waals surface area contributed by atoms with E-state index in [2.05, 4.69) is 0 Å². The van der Waals surface area contributed by atoms with Crippen molar-refractivity contribution in [3.05, 3.63) is 58.6 Å². The second-order valence-corrected chi connectivity index (χ2v) is 7.44. The molecule has 0 aliphatic carbocycles. The summed E-state index contributed by atoms with van der Waals surface area (Å²) in [7, 11) is -4.52. The molecule has 0 fully saturated rings. The second-order valence-electron chi connectivity index (χ2n) is 4.51. The highest BCUT2D eigenvalue weighted by atomic mass is 35.5. The molecule has 2 aromatic rings. The lowest BCUT2D eigenvalue weighted by molar-refractivity contribution is 0.238. The average molecular weight is 361 g/mol. The van der Waals surface area contributed by atoms with Gasteiger partial charge in [0, 0.05) is 10.6 Å². The van der Waals surface area contributed by atoms with Gasteiger partial charge in [0.25, 0.3) is 10.1 Å². The van der Waals surface area contributed by atoms with Gasteiger partial charge in [-0.25, -0.2) is 0 Å². The highest BCUT2D eigenvalue weighted by molar-refractivity contribution is 7.98. The van der Waals surface area contributed by atoms with Gasteiger partial charge in [-0.2, -0.15) is 8.42 Å². The van der Waals surface area contributed by atoms with Gasteiger partial charge < -0.3 is 10.2 Å². The van der Waals surface area contributed by atoms with Crippen molar-refractivity contribution in [1.82, 2.24) is 0 Å². The zero-order valence-corrected chi connectivity index (χ0v) is 13.6. The maximum atomic E-state index is 10.9. The van der Waals surface area contributed by atoms with Crippen molar-refractivity contribution in [1.29, 1.82) is 0 Å². The summed E-state index contributed by atoms with van der Waals surface area (Å²) in [4.78, 5) is 0.857. The van der Waals surface area contributed by atoms with Gasteiger partial charge >= 0.3 is 0 Å². The number of benzene rings is 2. The fourth-order valence-corrected chi connectivity index (χ4v) is 3.25. The second kappa shape index (κ2) is 6.89. The zero-order valence-electron chi connectivity index (χ0n) is 11.2. The van der Waals surface area contributed by atoms with Crippen molar-refractivity contribution in [3.63, 3.8) is 0 Å². The van der Waals surface area contributed by atoms with Crippen LogP contribution in [0.4, 0.5) is 0 Å². The van der Waals surface area contributed by atoms with E-state index in [9.17, 15) is 18.6 Å². The molecule has 8 heteroatoms. The van der Waals surface area contributed by atoms with Crippen LogP contribution in [-0.2, 0) is 15.9 Å². The number of phenols is 1. The van der Waals surface area contributed by atoms with E-state index < -0.39 is 15.6 Å². The molecule has 0 aromatic heterocycles. The molecule has 5 nitrogen and oxygen atoms in total. The Hall–Kier alpha value is -1.25. The Morgan fingerprint density at radius 2 is 1.77 bits per heavy atom. The van der Waals surface area contributed by atoms with E-state index in [0.29, 0.717) is 5.75 Å². The Bertz CT molecular complexity index is 759. The van der Waals surface area contributed by atoms with Crippen LogP contribution in [0.25, 0.3) is 0 Å². The van der Waals surface area contributed by atoms with E-state index in [4.69, 9.17) is 16.2 Å². The van der Waals surface area contributed by atoms with Crippen LogP contribution in [0.2, 0.25) is 5.02 Å². The first kappa shape index (κ1) is 17.1. The molecular formula is C14H13ClO5S2. The number of halogens is 1. The van der Waals surface area contributed by atoms with Gasteiger partial charge in [-0.05, 0) is 35.4 Å². The molecule has 1 atom stereocenters. The topological polar surface area (TPSA) is 94.8 Å². The molecule has 3 N–H and O–H groups in total. The molecule has 0 amide bonds. The van der Waals surface area contributed by atoms with Gasteiger partial charge in [0.1, 0.15) is 5.75 Å². The van der Waals surface area contributed by atoms with Gasteiger partial charge in [0.05, 0.1) is 5.02 Å². The van der Waals surface area contributed by atoms with Gasteiger partial charge in [-0.15, -0.1) is 11.8 Å². The van der Waals surface area contributed by atoms with E-state index in [1.165, 1.54) is 30.0 Å². The number of hydrogen-bond acceptors (Lipinski definition) is 5. The van der Waals surface area contributed by atoms with Crippen LogP contribution in [0, 0.1) is 0 Å². The standard InChI is InChI=1S/C14H13ClO5S2/c15-12-7-9(1-6-13(12)16)8-21-11-4-2-10(3-5-11)14(17)22(18,19)20/h1-7,14,16-17H,8H2,(H,18,19,20). The quantitative estimate of drug-likeness (QED) is 0.559. The number of aliphatic hydroxyl groups is 1. The predicted octanol–water partition coefficient (Wildman–Crippen LogP) is 3.22. The van der Waals surface area contributed by atoms with E-state index >= 15 is 0 Å². The first-order chi connectivity index (χ1) is 10.3. The third-order valence-corrected chi connectivity index (χ3v) is 5.09. The number of aliphatic hydroxyl groups excluding tert-OH is 1. The molecule has 22 heavy (non-hydrogen) atoms. The number of hydrogen-bond donors (Lipinski definition) is 3. The number of rotatable bonds is 5. The molecule has 2 aromatic carbocycles. The van der Waals surface area contributed by atoms with E-state index in [1.54, 1.807) is 24.3 Å². The molecule has 0 heterocycles. The van der Waals surface area contributed by atoms with Gasteiger partial charge in [0.15, 0.2) is 0 Å². The summed E-state index contributed by atoms with van der Waals surface area (Å²) in [6.45, 7) is 0. The largest absolute Gasteiger partial charge is 0.506 e. The molecule has 0 bridgehead atoms. The average Bonchev–Trinajstić information content (AvgIpc) is 2.47. The van der Waals surface area contributed by atoms with E-state index in [-0.39, 0.29) is 16.3 Å². The number of phenolic OH excluding ortho intramolecular Hbond substituents is 1. The molecule has 0 radical (unpaired) electrons. The summed E-state index contributed by atoms with van der Waals surface area (Å²) in [5.74, 6) is 0.638. The monoisotopic (exact) mass is 360 g/mol. The Labute approximate surface area is 137 Å². The minimum atomic E-state index is -4.52. The van der Waals surface area contributed by atoms with Crippen molar-refractivity contribution in [2.24, 2.45) is 0 Å². The summed E-state index contributed by atoms with van der Waals surface area (Å²) >= 11 is 7.31. The van der Waals surface area contributed by atoms with Crippen LogP contribution in [0.5, 0.6) is 5.75 Å². The fraction of sp³-hybridized carbons (Fsp3) is 0.143. The molecule has 118 valence electrons. The Morgan fingerprint density at radius 3 is 2.32 bits per heavy atom. The minimum absolute atomic E-state index is 0.0268. The maximum Gasteiger partial charge on any atom is 0.296 e. The van der Waals surface area contributed by atoms with Crippen molar-refractivity contribution < 1.29 is 23.2 Å². The summed E-state index contributed by atoms with van der Waals surface area (Å²) in [5.41, 5.74) is -0.920. The molecule has 0 aliphatic heterocycles. The highest BCUT2D eigenvalue weighted by Crippen LogP contribution is 2.29. The van der Waals surface area contributed by atoms with Gasteiger partial charge in [0.2, 0.25) is 5.44 Å². The summed E-state index contributed by atoms with van der Waals surface area (Å²) in [6.07, 6.45) is 0. The Morgan fingerprint density at radius 1 is 1.14 bits per heavy atom. The van der Waals surface area contributed by atoms with Crippen LogP contribution < -0.4 is 0 Å². The van der Waals surface area contributed by atoms with Crippen LogP contribution in [-0.4, -0.2) is 23.2 Å². The molecule has 0 spiro atoms. The first-order valence-corrected chi connectivity index (χ1v) is 8.98. The third kappa shape index (κ3) is 4.37. The summed E-state index contributed by atoms with van der Waals surface area (Å²) < 4.78 is 30.5. The lowest BCUT2D eigenvalue weighted by Crippen LogP contribution is -2.10. The predicted molar refractivity (Wildman–Crippen MR) is 85.6 cm³/mol. The van der Waals surface area contributed by atoms with Gasteiger partial charge in [-0.1, -0.05) is 29.8 Å². The number of aromatic hydroxyl groups is 1. The summed E-state index contributed by atoms with van der Waals surface area (Å²) in [6, 6.07) is 11.1. The molecule has 2 rings (SSSR count). The van der Waals surface area contributed by atoms with Crippen LogP contribution in [0.15, 0.2) is 47.4 Å². The van der Waals surface area contributed by atoms with Gasteiger partial charge in [-0.3, -0.25) is 4.55 Å². The van der Waals surface area contributed by atoms with Crippen LogP contribution in [0.1, 0.15) is 16.6 Å². The maximum absolute atomic E-state index is 10.9. The molecule has 0 aliphatic rings. The number of thioether (sulfide) groups is 1. The van der Waals surface area contributed by atoms with Crippen molar-refractivity contribution in [3.8, 4) is 5.75 Å². The van der Waals surface area contributed by atoms with E-state index in [1.807, 2.05) is 0 Å². The molecule has 0 saturated heterocycles. The zero-order chi connectivity index (χ0) is 16.3. The van der Waals surface area contributed by atoms with Crippen molar-refractivity contribution in [2.75, 3.05) is 0 Å². The normalized spacial score (nSPS) is 13.0. The Kier molecular flexibility index (Phi) is 5.36. The SMILES string of the molecule is O=S(=O)(O)C(O)c1ccc(SCc2ccc(O)c(Cl)c2)cc1. The van der Waals surface area contributed by atoms with Crippen LogP contribution in [0.3, 0.4) is 0 Å². The third-order valence-electron chi connectivity index (χ3n) is 2.86. The van der Waals surface area contributed by atoms with E-state index in [0.717, 1.165) is 10.5 Å². The van der Waals surface area contributed by atoms with Crippen molar-refractivity contribution in [2.45, 2.75) is 16.1 Å². The van der Waals surface area contributed by atoms with Crippen LogP contribution >= 0.6 is 23.4 Å². The van der Waals surface area contributed by atoms with Crippen molar-refractivity contribution >= 4 is 33.5 Å². The smallest absolute Gasteiger partial charge is 0.296 e. The molecule has 0 saturated carbocycles. The molecular weight excluding hydrogens is 348 g/mol. The molecule has 1 unspecified atom stereocenters. The fourth-order valence-electron chi connectivity index (χ4n) is 1.71. The lowest BCUT2D eigenvalue weighted by atomic mass is 10.2. The summed E-state index contributed by atoms with van der Waals surface area (Å²) in [5, 5.41) is 19.1.